The second-order valence-corrected chi connectivity index (χ2v) is 6.33. The summed E-state index contributed by atoms with van der Waals surface area (Å²) in [6, 6.07) is 0. The van der Waals surface area contributed by atoms with Crippen molar-refractivity contribution in [2.75, 3.05) is 0 Å². The van der Waals surface area contributed by atoms with Crippen LogP contribution in [-0.2, 0) is 14.3 Å². The van der Waals surface area contributed by atoms with Gasteiger partial charge in [0.1, 0.15) is 11.4 Å². The molecule has 2 rings (SSSR count). The fourth-order valence-electron chi connectivity index (χ4n) is 4.17. The van der Waals surface area contributed by atoms with Gasteiger partial charge in [-0.1, -0.05) is 13.8 Å². The molecule has 0 aliphatic carbocycles. The molecule has 2 saturated heterocycles. The zero-order chi connectivity index (χ0) is 13.9. The second-order valence-electron chi connectivity index (χ2n) is 6.33. The van der Waals surface area contributed by atoms with Gasteiger partial charge >= 0.3 is 0 Å². The molecule has 102 valence electrons. The van der Waals surface area contributed by atoms with Crippen LogP contribution in [0.5, 0.6) is 0 Å². The van der Waals surface area contributed by atoms with E-state index in [1.165, 1.54) is 6.92 Å². The summed E-state index contributed by atoms with van der Waals surface area (Å²) >= 11 is 0. The molecule has 5 atom stereocenters. The quantitative estimate of drug-likeness (QED) is 0.825. The van der Waals surface area contributed by atoms with Gasteiger partial charge in [0.05, 0.1) is 12.0 Å². The molecule has 4 heteroatoms. The second kappa shape index (κ2) is 3.87. The molecule has 0 saturated carbocycles. The number of hydrogen-bond donors (Lipinski definition) is 1. The third-order valence-corrected chi connectivity index (χ3v) is 4.70. The van der Waals surface area contributed by atoms with Crippen molar-refractivity contribution >= 4 is 11.6 Å². The van der Waals surface area contributed by atoms with Crippen molar-refractivity contribution in [3.63, 3.8) is 0 Å². The molecule has 1 N–H and O–H groups in total. The maximum Gasteiger partial charge on any atom is 0.164 e. The highest BCUT2D eigenvalue weighted by Gasteiger charge is 2.73. The Morgan fingerprint density at radius 1 is 1.33 bits per heavy atom. The number of aliphatic hydroxyl groups is 1. The molecule has 2 heterocycles. The summed E-state index contributed by atoms with van der Waals surface area (Å²) < 4.78 is 5.86. The minimum atomic E-state index is -1.21. The Bertz CT molecular complexity index is 399. The summed E-state index contributed by atoms with van der Waals surface area (Å²) in [6.45, 7) is 8.61. The van der Waals surface area contributed by atoms with Crippen LogP contribution in [0.1, 0.15) is 41.0 Å². The van der Waals surface area contributed by atoms with Gasteiger partial charge in [-0.25, -0.2) is 0 Å². The minimum absolute atomic E-state index is 0.0531. The molecule has 2 fully saturated rings. The van der Waals surface area contributed by atoms with Crippen LogP contribution in [0.2, 0.25) is 0 Å². The Balaban J connectivity index is 2.56. The average molecular weight is 254 g/mol. The van der Waals surface area contributed by atoms with Crippen molar-refractivity contribution in [1.29, 1.82) is 0 Å². The third-order valence-electron chi connectivity index (χ3n) is 4.70. The lowest BCUT2D eigenvalue weighted by Gasteiger charge is -2.45. The van der Waals surface area contributed by atoms with Gasteiger partial charge in [-0.3, -0.25) is 9.59 Å². The molecule has 2 bridgehead atoms. The summed E-state index contributed by atoms with van der Waals surface area (Å²) in [6.07, 6.45) is 0.0360. The molecule has 0 spiro atoms. The van der Waals surface area contributed by atoms with Crippen LogP contribution in [-0.4, -0.2) is 34.0 Å². The van der Waals surface area contributed by atoms with E-state index in [-0.39, 0.29) is 35.4 Å². The zero-order valence-corrected chi connectivity index (χ0v) is 11.7. The summed E-state index contributed by atoms with van der Waals surface area (Å²) in [4.78, 5) is 24.0. The Kier molecular flexibility index (Phi) is 2.95. The Morgan fingerprint density at radius 2 is 1.89 bits per heavy atom. The van der Waals surface area contributed by atoms with Crippen molar-refractivity contribution in [1.82, 2.24) is 0 Å². The zero-order valence-electron chi connectivity index (χ0n) is 11.7. The molecular weight excluding hydrogens is 232 g/mol. The van der Waals surface area contributed by atoms with E-state index < -0.39 is 11.2 Å². The molecule has 0 aromatic rings. The molecule has 0 amide bonds. The van der Waals surface area contributed by atoms with E-state index in [1.54, 1.807) is 13.8 Å². The molecule has 0 radical (unpaired) electrons. The lowest BCUT2D eigenvalue weighted by molar-refractivity contribution is -0.165. The van der Waals surface area contributed by atoms with E-state index >= 15 is 0 Å². The normalized spacial score (nSPS) is 46.7. The number of carbonyl (C=O) groups excluding carboxylic acids is 2. The van der Waals surface area contributed by atoms with E-state index in [2.05, 4.69) is 0 Å². The van der Waals surface area contributed by atoms with Crippen molar-refractivity contribution in [2.24, 2.45) is 17.8 Å². The molecule has 18 heavy (non-hydrogen) atoms. The predicted octanol–water partition coefficient (Wildman–Crippen LogP) is 1.35. The fourth-order valence-corrected chi connectivity index (χ4v) is 4.17. The molecule has 2 aliphatic rings. The van der Waals surface area contributed by atoms with Crippen LogP contribution in [0.3, 0.4) is 0 Å². The molecule has 5 unspecified atom stereocenters. The molecule has 0 aromatic heterocycles. The minimum Gasteiger partial charge on any atom is -0.387 e. The van der Waals surface area contributed by atoms with E-state index in [1.807, 2.05) is 13.8 Å². The van der Waals surface area contributed by atoms with Crippen LogP contribution in [0.4, 0.5) is 0 Å². The highest BCUT2D eigenvalue weighted by molar-refractivity contribution is 5.91. The van der Waals surface area contributed by atoms with Gasteiger partial charge in [0.2, 0.25) is 0 Å². The van der Waals surface area contributed by atoms with Gasteiger partial charge in [0, 0.05) is 12.3 Å². The fraction of sp³-hybridized carbons (Fsp3) is 0.857. The maximum absolute atomic E-state index is 12.1. The molecular formula is C14H22O4. The van der Waals surface area contributed by atoms with Gasteiger partial charge in [0.25, 0.3) is 0 Å². The van der Waals surface area contributed by atoms with Crippen LogP contribution in [0, 0.1) is 17.8 Å². The summed E-state index contributed by atoms with van der Waals surface area (Å²) in [5.41, 5.74) is -2.38. The first kappa shape index (κ1) is 13.7. The number of hydrogen-bond acceptors (Lipinski definition) is 4. The number of Topliss-reactive ketones (excluding diaryl/α,β-unsaturated/α-hetero) is 2. The SMILES string of the molecule is CC(=O)C1C2CC(C)(O)C(C(C)=O)(O2)C1C(C)C. The van der Waals surface area contributed by atoms with Crippen LogP contribution >= 0.6 is 0 Å². The standard InChI is InChI=1S/C14H22O4/c1-7(2)12-11(8(3)15)10-6-13(5,17)14(12,18-10)9(4)16/h7,10-12,17H,6H2,1-5H3. The van der Waals surface area contributed by atoms with Crippen molar-refractivity contribution < 1.29 is 19.4 Å². The van der Waals surface area contributed by atoms with E-state index in [0.717, 1.165) is 0 Å². The van der Waals surface area contributed by atoms with Gasteiger partial charge < -0.3 is 9.84 Å². The van der Waals surface area contributed by atoms with Crippen LogP contribution in [0.25, 0.3) is 0 Å². The first-order valence-electron chi connectivity index (χ1n) is 6.57. The molecule has 0 aromatic carbocycles. The van der Waals surface area contributed by atoms with Gasteiger partial charge in [-0.2, -0.15) is 0 Å². The van der Waals surface area contributed by atoms with Gasteiger partial charge in [-0.15, -0.1) is 0 Å². The van der Waals surface area contributed by atoms with E-state index in [4.69, 9.17) is 4.74 Å². The summed E-state index contributed by atoms with van der Waals surface area (Å²) in [7, 11) is 0. The summed E-state index contributed by atoms with van der Waals surface area (Å²) in [5, 5.41) is 10.6. The number of ketones is 2. The van der Waals surface area contributed by atoms with Crippen molar-refractivity contribution in [3.05, 3.63) is 0 Å². The smallest absolute Gasteiger partial charge is 0.164 e. The van der Waals surface area contributed by atoms with E-state index in [0.29, 0.717) is 6.42 Å². The first-order chi connectivity index (χ1) is 8.15. The lowest BCUT2D eigenvalue weighted by atomic mass is 9.58. The highest BCUT2D eigenvalue weighted by Crippen LogP contribution is 2.59. The predicted molar refractivity (Wildman–Crippen MR) is 66.0 cm³/mol. The summed E-state index contributed by atoms with van der Waals surface area (Å²) in [5.74, 6) is -0.510. The number of rotatable bonds is 3. The monoisotopic (exact) mass is 254 g/mol. The number of fused-ring (bicyclic) bond motifs is 2. The Morgan fingerprint density at radius 3 is 2.28 bits per heavy atom. The van der Waals surface area contributed by atoms with Crippen molar-refractivity contribution in [2.45, 2.75) is 58.3 Å². The lowest BCUT2D eigenvalue weighted by Crippen LogP contribution is -2.62. The average Bonchev–Trinajstić information content (AvgIpc) is 2.65. The van der Waals surface area contributed by atoms with Crippen LogP contribution in [0.15, 0.2) is 0 Å². The van der Waals surface area contributed by atoms with E-state index in [9.17, 15) is 14.7 Å². The van der Waals surface area contributed by atoms with Crippen LogP contribution < -0.4 is 0 Å². The largest absolute Gasteiger partial charge is 0.387 e. The topological polar surface area (TPSA) is 63.6 Å². The van der Waals surface area contributed by atoms with Crippen molar-refractivity contribution in [3.8, 4) is 0 Å². The first-order valence-corrected chi connectivity index (χ1v) is 6.57. The number of ether oxygens (including phenoxy) is 1. The Hall–Kier alpha value is -0.740. The molecule has 2 aliphatic heterocycles. The third kappa shape index (κ3) is 1.45. The maximum atomic E-state index is 12.1. The number of carbonyl (C=O) groups is 2. The molecule has 4 nitrogen and oxygen atoms in total. The van der Waals surface area contributed by atoms with Gasteiger partial charge in [-0.05, 0) is 26.7 Å². The Labute approximate surface area is 108 Å². The highest BCUT2D eigenvalue weighted by atomic mass is 16.6. The van der Waals surface area contributed by atoms with Gasteiger partial charge in [0.15, 0.2) is 11.4 Å².